The van der Waals surface area contributed by atoms with Crippen molar-refractivity contribution in [3.05, 3.63) is 35.4 Å². The Morgan fingerprint density at radius 3 is 2.42 bits per heavy atom. The number of allylic oxidation sites excluding steroid dienone is 1. The third-order valence-corrected chi connectivity index (χ3v) is 3.03. The molecule has 0 N–H and O–H groups in total. The van der Waals surface area contributed by atoms with Crippen LogP contribution in [-0.2, 0) is 9.53 Å². The van der Waals surface area contributed by atoms with Gasteiger partial charge in [-0.15, -0.1) is 0 Å². The molecule has 0 radical (unpaired) electrons. The highest BCUT2D eigenvalue weighted by molar-refractivity contribution is 9.09. The molecule has 0 atom stereocenters. The zero-order valence-electron chi connectivity index (χ0n) is 10.8. The average Bonchev–Trinajstić information content (AvgIpc) is 2.45. The van der Waals surface area contributed by atoms with Gasteiger partial charge in [0.1, 0.15) is 17.4 Å². The summed E-state index contributed by atoms with van der Waals surface area (Å²) in [6.45, 7) is 1.94. The topological polar surface area (TPSA) is 59.3 Å². The molecule has 100 valence electrons. The Morgan fingerprint density at radius 1 is 1.37 bits per heavy atom. The van der Waals surface area contributed by atoms with Gasteiger partial charge in [0.05, 0.1) is 13.7 Å². The summed E-state index contributed by atoms with van der Waals surface area (Å²) < 4.78 is 9.95. The Bertz CT molecular complexity index is 514. The van der Waals surface area contributed by atoms with Gasteiger partial charge in [-0.2, -0.15) is 5.26 Å². The standard InChI is InChI=1S/C14H14BrNO3/c1-3-19-14(17)13(9-16)12(8-15)10-4-6-11(18-2)7-5-10/h4-7H,3,8H2,1-2H3/b13-12+. The van der Waals surface area contributed by atoms with Gasteiger partial charge in [0.15, 0.2) is 0 Å². The van der Waals surface area contributed by atoms with E-state index in [-0.39, 0.29) is 12.2 Å². The van der Waals surface area contributed by atoms with E-state index in [1.807, 2.05) is 6.07 Å². The number of halogens is 1. The number of esters is 1. The molecule has 4 nitrogen and oxygen atoms in total. The number of nitriles is 1. The molecular weight excluding hydrogens is 310 g/mol. The third-order valence-electron chi connectivity index (χ3n) is 2.47. The number of methoxy groups -OCH3 is 1. The molecule has 5 heteroatoms. The first-order valence-corrected chi connectivity index (χ1v) is 6.80. The molecule has 1 aromatic carbocycles. The van der Waals surface area contributed by atoms with Crippen molar-refractivity contribution in [3.8, 4) is 11.8 Å². The Morgan fingerprint density at radius 2 is 2.00 bits per heavy atom. The summed E-state index contributed by atoms with van der Waals surface area (Å²) in [5, 5.41) is 9.52. The van der Waals surface area contributed by atoms with Crippen LogP contribution in [0.5, 0.6) is 5.75 Å². The number of rotatable bonds is 5. The summed E-state index contributed by atoms with van der Waals surface area (Å²) in [4.78, 5) is 11.7. The molecular formula is C14H14BrNO3. The number of hydrogen-bond donors (Lipinski definition) is 0. The van der Waals surface area contributed by atoms with E-state index in [4.69, 9.17) is 14.7 Å². The number of carbonyl (C=O) groups is 1. The Kier molecular flexibility index (Phi) is 6.10. The van der Waals surface area contributed by atoms with E-state index in [1.54, 1.807) is 38.3 Å². The molecule has 0 saturated carbocycles. The molecule has 0 fully saturated rings. The van der Waals surface area contributed by atoms with Gasteiger partial charge >= 0.3 is 5.97 Å². The van der Waals surface area contributed by atoms with E-state index < -0.39 is 5.97 Å². The highest BCUT2D eigenvalue weighted by Gasteiger charge is 2.17. The quantitative estimate of drug-likeness (QED) is 0.362. The smallest absolute Gasteiger partial charge is 0.349 e. The van der Waals surface area contributed by atoms with Gasteiger partial charge in [0.25, 0.3) is 0 Å². The van der Waals surface area contributed by atoms with E-state index in [0.717, 1.165) is 5.56 Å². The third kappa shape index (κ3) is 3.83. The van der Waals surface area contributed by atoms with Crippen molar-refractivity contribution in [2.75, 3.05) is 19.0 Å². The van der Waals surface area contributed by atoms with Crippen LogP contribution in [-0.4, -0.2) is 25.0 Å². The van der Waals surface area contributed by atoms with Gasteiger partial charge in [-0.3, -0.25) is 0 Å². The summed E-state index contributed by atoms with van der Waals surface area (Å²) in [5.74, 6) is 0.114. The van der Waals surface area contributed by atoms with Crippen LogP contribution in [0.3, 0.4) is 0 Å². The van der Waals surface area contributed by atoms with E-state index in [9.17, 15) is 4.79 Å². The minimum absolute atomic E-state index is 0.0175. The monoisotopic (exact) mass is 323 g/mol. The van der Waals surface area contributed by atoms with Crippen LogP contribution in [0.15, 0.2) is 29.8 Å². The van der Waals surface area contributed by atoms with Gasteiger partial charge in [-0.25, -0.2) is 4.79 Å². The summed E-state index contributed by atoms with van der Waals surface area (Å²) in [6.07, 6.45) is 0. The number of alkyl halides is 1. The molecule has 0 spiro atoms. The molecule has 1 aromatic rings. The van der Waals surface area contributed by atoms with Crippen molar-refractivity contribution >= 4 is 27.5 Å². The lowest BCUT2D eigenvalue weighted by atomic mass is 10.0. The molecule has 1 rings (SSSR count). The summed E-state index contributed by atoms with van der Waals surface area (Å²) >= 11 is 3.30. The van der Waals surface area contributed by atoms with Crippen molar-refractivity contribution in [1.82, 2.24) is 0 Å². The number of ether oxygens (including phenoxy) is 2. The van der Waals surface area contributed by atoms with Crippen LogP contribution in [0, 0.1) is 11.3 Å². The molecule has 0 bridgehead atoms. The van der Waals surface area contributed by atoms with Crippen LogP contribution < -0.4 is 4.74 Å². The van der Waals surface area contributed by atoms with Crippen LogP contribution in [0.25, 0.3) is 5.57 Å². The second-order valence-corrected chi connectivity index (χ2v) is 4.11. The fraction of sp³-hybridized carbons (Fsp3) is 0.286. The van der Waals surface area contributed by atoms with Crippen LogP contribution in [0.4, 0.5) is 0 Å². The first-order chi connectivity index (χ1) is 9.17. The summed E-state index contributed by atoms with van der Waals surface area (Å²) in [7, 11) is 1.58. The first-order valence-electron chi connectivity index (χ1n) is 5.68. The van der Waals surface area contributed by atoms with E-state index in [1.165, 1.54) is 0 Å². The molecule has 0 aliphatic carbocycles. The Labute approximate surface area is 120 Å². The van der Waals surface area contributed by atoms with E-state index in [0.29, 0.717) is 16.7 Å². The fourth-order valence-electron chi connectivity index (χ4n) is 1.52. The van der Waals surface area contributed by atoms with Crippen LogP contribution in [0.1, 0.15) is 12.5 Å². The van der Waals surface area contributed by atoms with Gasteiger partial charge in [0, 0.05) is 5.33 Å². The molecule has 0 saturated heterocycles. The highest BCUT2D eigenvalue weighted by Crippen LogP contribution is 2.24. The lowest BCUT2D eigenvalue weighted by Gasteiger charge is -2.08. The lowest BCUT2D eigenvalue weighted by Crippen LogP contribution is -2.09. The highest BCUT2D eigenvalue weighted by atomic mass is 79.9. The van der Waals surface area contributed by atoms with Crippen molar-refractivity contribution in [2.45, 2.75) is 6.92 Å². The predicted molar refractivity (Wildman–Crippen MR) is 76.0 cm³/mol. The SMILES string of the molecule is CCOC(=O)/C(C#N)=C(\CBr)c1ccc(OC)cc1. The summed E-state index contributed by atoms with van der Waals surface area (Å²) in [6, 6.07) is 9.06. The normalized spacial score (nSPS) is 11.3. The minimum Gasteiger partial charge on any atom is -0.497 e. The molecule has 0 aliphatic rings. The largest absolute Gasteiger partial charge is 0.497 e. The lowest BCUT2D eigenvalue weighted by molar-refractivity contribution is -0.137. The van der Waals surface area contributed by atoms with Crippen LogP contribution >= 0.6 is 15.9 Å². The molecule has 0 unspecified atom stereocenters. The zero-order chi connectivity index (χ0) is 14.3. The van der Waals surface area contributed by atoms with Crippen molar-refractivity contribution in [1.29, 1.82) is 5.26 Å². The van der Waals surface area contributed by atoms with E-state index in [2.05, 4.69) is 15.9 Å². The number of hydrogen-bond acceptors (Lipinski definition) is 4. The van der Waals surface area contributed by atoms with Gasteiger partial charge in [-0.1, -0.05) is 28.1 Å². The molecule has 19 heavy (non-hydrogen) atoms. The second kappa shape index (κ2) is 7.59. The molecule has 0 aromatic heterocycles. The maximum Gasteiger partial charge on any atom is 0.349 e. The fourth-order valence-corrected chi connectivity index (χ4v) is 2.12. The van der Waals surface area contributed by atoms with Gasteiger partial charge in [0.2, 0.25) is 0 Å². The Hall–Kier alpha value is -1.80. The molecule has 0 heterocycles. The predicted octanol–water partition coefficient (Wildman–Crippen LogP) is 2.93. The minimum atomic E-state index is -0.602. The van der Waals surface area contributed by atoms with Crippen LogP contribution in [0.2, 0.25) is 0 Å². The number of benzene rings is 1. The van der Waals surface area contributed by atoms with Crippen molar-refractivity contribution in [2.24, 2.45) is 0 Å². The maximum absolute atomic E-state index is 11.7. The molecule has 0 amide bonds. The maximum atomic E-state index is 11.7. The first kappa shape index (κ1) is 15.3. The van der Waals surface area contributed by atoms with Gasteiger partial charge in [-0.05, 0) is 30.2 Å². The van der Waals surface area contributed by atoms with Crippen molar-refractivity contribution < 1.29 is 14.3 Å². The zero-order valence-corrected chi connectivity index (χ0v) is 12.4. The van der Waals surface area contributed by atoms with Gasteiger partial charge < -0.3 is 9.47 Å². The average molecular weight is 324 g/mol. The van der Waals surface area contributed by atoms with Crippen molar-refractivity contribution in [3.63, 3.8) is 0 Å². The number of carbonyl (C=O) groups excluding carboxylic acids is 1. The summed E-state index contributed by atoms with van der Waals surface area (Å²) in [5.41, 5.74) is 1.40. The number of nitrogens with zero attached hydrogens (tertiary/aromatic N) is 1. The molecule has 0 aliphatic heterocycles. The van der Waals surface area contributed by atoms with E-state index >= 15 is 0 Å². The second-order valence-electron chi connectivity index (χ2n) is 3.55. The Balaban J connectivity index is 3.21.